The molecule has 6 nitrogen and oxygen atoms in total. The van der Waals surface area contributed by atoms with Crippen LogP contribution in [-0.4, -0.2) is 39.3 Å². The summed E-state index contributed by atoms with van der Waals surface area (Å²) in [6.45, 7) is 2.74. The summed E-state index contributed by atoms with van der Waals surface area (Å²) < 4.78 is 60.8. The number of fused-ring (bicyclic) bond motifs is 2. The van der Waals surface area contributed by atoms with Crippen LogP contribution in [0.5, 0.6) is 5.75 Å². The summed E-state index contributed by atoms with van der Waals surface area (Å²) in [5.41, 5.74) is 0.0448. The predicted molar refractivity (Wildman–Crippen MR) is 107 cm³/mol. The highest BCUT2D eigenvalue weighted by Crippen LogP contribution is 2.49. The lowest BCUT2D eigenvalue weighted by molar-refractivity contribution is -0.140. The Morgan fingerprint density at radius 3 is 2.66 bits per heavy atom. The van der Waals surface area contributed by atoms with E-state index in [9.17, 15) is 22.4 Å². The molecule has 3 heterocycles. The van der Waals surface area contributed by atoms with Gasteiger partial charge in [-0.2, -0.15) is 8.78 Å². The zero-order chi connectivity index (χ0) is 22.8. The van der Waals surface area contributed by atoms with Gasteiger partial charge in [-0.05, 0) is 32.8 Å². The van der Waals surface area contributed by atoms with E-state index in [0.717, 1.165) is 0 Å². The number of para-hydroxylation sites is 1. The van der Waals surface area contributed by atoms with Crippen LogP contribution >= 0.6 is 0 Å². The largest absolute Gasteiger partial charge is 0.486 e. The first-order valence-electron chi connectivity index (χ1n) is 10.5. The summed E-state index contributed by atoms with van der Waals surface area (Å²) in [6, 6.07) is 4.13. The van der Waals surface area contributed by atoms with Gasteiger partial charge in [-0.25, -0.2) is 18.7 Å². The van der Waals surface area contributed by atoms with Crippen LogP contribution in [0.2, 0.25) is 0 Å². The second-order valence-corrected chi connectivity index (χ2v) is 8.69. The van der Waals surface area contributed by atoms with Crippen molar-refractivity contribution in [3.8, 4) is 5.75 Å². The molecule has 0 spiro atoms. The Labute approximate surface area is 182 Å². The van der Waals surface area contributed by atoms with Crippen molar-refractivity contribution in [1.29, 1.82) is 0 Å². The lowest BCUT2D eigenvalue weighted by Crippen LogP contribution is -2.49. The molecule has 1 atom stereocenters. The van der Waals surface area contributed by atoms with Crippen molar-refractivity contribution in [1.82, 2.24) is 14.9 Å². The molecule has 3 aliphatic rings. The smallest absolute Gasteiger partial charge is 0.310 e. The number of alkyl halides is 4. The molecule has 1 amide bonds. The van der Waals surface area contributed by atoms with E-state index in [1.165, 1.54) is 11.0 Å². The third kappa shape index (κ3) is 3.18. The van der Waals surface area contributed by atoms with Gasteiger partial charge in [-0.15, -0.1) is 0 Å². The number of halogens is 4. The average molecular weight is 450 g/mol. The van der Waals surface area contributed by atoms with Gasteiger partial charge in [0.1, 0.15) is 22.9 Å². The lowest BCUT2D eigenvalue weighted by atomic mass is 9.99. The number of aryl methyl sites for hydroxylation is 1. The number of ether oxygens (including phenoxy) is 1. The molecule has 1 aromatic heterocycles. The SMILES string of the molecule is Cc1nc2c(c(N[C@H](C)c3cccc4c3OCC4(F)F)n1)CN(C1(C(F)F)CC1)C(=O)C2. The first kappa shape index (κ1) is 21.0. The minimum absolute atomic E-state index is 0.0185. The summed E-state index contributed by atoms with van der Waals surface area (Å²) in [4.78, 5) is 22.7. The van der Waals surface area contributed by atoms with Crippen molar-refractivity contribution in [3.05, 3.63) is 46.4 Å². The molecule has 1 saturated carbocycles. The fourth-order valence-corrected chi connectivity index (χ4v) is 4.58. The number of hydrogen-bond donors (Lipinski definition) is 1. The van der Waals surface area contributed by atoms with E-state index in [4.69, 9.17) is 4.74 Å². The van der Waals surface area contributed by atoms with Gasteiger partial charge in [0.15, 0.2) is 6.61 Å². The number of carbonyl (C=O) groups excluding carboxylic acids is 1. The molecule has 2 aliphatic heterocycles. The molecule has 170 valence electrons. The molecule has 32 heavy (non-hydrogen) atoms. The molecule has 1 aromatic carbocycles. The molecule has 1 fully saturated rings. The molecule has 0 unspecified atom stereocenters. The van der Waals surface area contributed by atoms with Gasteiger partial charge in [0.25, 0.3) is 6.43 Å². The number of nitrogens with one attached hydrogen (secondary N) is 1. The van der Waals surface area contributed by atoms with Crippen molar-refractivity contribution in [3.63, 3.8) is 0 Å². The van der Waals surface area contributed by atoms with Crippen LogP contribution in [-0.2, 0) is 23.7 Å². The monoisotopic (exact) mass is 450 g/mol. The number of aromatic nitrogens is 2. The highest BCUT2D eigenvalue weighted by molar-refractivity contribution is 5.82. The summed E-state index contributed by atoms with van der Waals surface area (Å²) in [6.07, 6.45) is -2.18. The Balaban J connectivity index is 1.48. The number of benzene rings is 1. The van der Waals surface area contributed by atoms with Gasteiger partial charge in [-0.3, -0.25) is 4.79 Å². The van der Waals surface area contributed by atoms with E-state index in [0.29, 0.717) is 28.5 Å². The molecule has 1 aliphatic carbocycles. The molecule has 5 rings (SSSR count). The number of anilines is 1. The Bertz CT molecular complexity index is 1100. The van der Waals surface area contributed by atoms with Crippen LogP contribution in [0.15, 0.2) is 18.2 Å². The topological polar surface area (TPSA) is 67.4 Å². The van der Waals surface area contributed by atoms with E-state index in [1.54, 1.807) is 26.0 Å². The fraction of sp³-hybridized carbons (Fsp3) is 0.500. The van der Waals surface area contributed by atoms with E-state index >= 15 is 0 Å². The van der Waals surface area contributed by atoms with Gasteiger partial charge >= 0.3 is 5.92 Å². The predicted octanol–water partition coefficient (Wildman–Crippen LogP) is 4.12. The second-order valence-electron chi connectivity index (χ2n) is 8.69. The van der Waals surface area contributed by atoms with Crippen LogP contribution in [0.4, 0.5) is 23.4 Å². The summed E-state index contributed by atoms with van der Waals surface area (Å²) in [5, 5.41) is 3.22. The Kier molecular flexibility index (Phi) is 4.62. The van der Waals surface area contributed by atoms with Gasteiger partial charge in [0.2, 0.25) is 5.91 Å². The first-order valence-corrected chi connectivity index (χ1v) is 10.5. The van der Waals surface area contributed by atoms with Gasteiger partial charge in [0, 0.05) is 11.1 Å². The normalized spacial score (nSPS) is 21.1. The van der Waals surface area contributed by atoms with E-state index in [-0.39, 0.29) is 43.0 Å². The number of hydrogen-bond acceptors (Lipinski definition) is 5. The maximum absolute atomic E-state index is 14.1. The van der Waals surface area contributed by atoms with E-state index < -0.39 is 30.5 Å². The Morgan fingerprint density at radius 1 is 1.22 bits per heavy atom. The molecular weight excluding hydrogens is 428 g/mol. The highest BCUT2D eigenvalue weighted by Gasteiger charge is 2.58. The van der Waals surface area contributed by atoms with E-state index in [2.05, 4.69) is 15.3 Å². The van der Waals surface area contributed by atoms with Gasteiger partial charge in [-0.1, -0.05) is 12.1 Å². The molecule has 2 aromatic rings. The minimum atomic E-state index is -3.05. The lowest BCUT2D eigenvalue weighted by Gasteiger charge is -2.36. The molecule has 1 N–H and O–H groups in total. The van der Waals surface area contributed by atoms with Crippen molar-refractivity contribution in [2.24, 2.45) is 0 Å². The van der Waals surface area contributed by atoms with Gasteiger partial charge in [0.05, 0.1) is 30.3 Å². The molecule has 0 radical (unpaired) electrons. The minimum Gasteiger partial charge on any atom is -0.486 e. The van der Waals surface area contributed by atoms with E-state index in [1.807, 2.05) is 0 Å². The maximum Gasteiger partial charge on any atom is 0.310 e. The van der Waals surface area contributed by atoms with Crippen molar-refractivity contribution in [2.75, 3.05) is 11.9 Å². The van der Waals surface area contributed by atoms with Crippen molar-refractivity contribution in [2.45, 2.75) is 63.6 Å². The fourth-order valence-electron chi connectivity index (χ4n) is 4.58. The Morgan fingerprint density at radius 2 is 1.97 bits per heavy atom. The zero-order valence-electron chi connectivity index (χ0n) is 17.6. The van der Waals surface area contributed by atoms with Crippen LogP contribution in [0.1, 0.15) is 54.0 Å². The van der Waals surface area contributed by atoms with Crippen LogP contribution < -0.4 is 10.1 Å². The van der Waals surface area contributed by atoms with Gasteiger partial charge < -0.3 is 15.0 Å². The van der Waals surface area contributed by atoms with Crippen LogP contribution in [0.3, 0.4) is 0 Å². The number of nitrogens with zero attached hydrogens (tertiary/aromatic N) is 3. The van der Waals surface area contributed by atoms with Crippen molar-refractivity contribution < 1.29 is 27.1 Å². The van der Waals surface area contributed by atoms with Crippen LogP contribution in [0.25, 0.3) is 0 Å². The summed E-state index contributed by atoms with van der Waals surface area (Å²) in [7, 11) is 0. The second kappa shape index (κ2) is 7.05. The molecule has 0 saturated heterocycles. The summed E-state index contributed by atoms with van der Waals surface area (Å²) >= 11 is 0. The quantitative estimate of drug-likeness (QED) is 0.694. The maximum atomic E-state index is 14.1. The molecule has 0 bridgehead atoms. The number of amides is 1. The average Bonchev–Trinajstić information content (AvgIpc) is 3.47. The zero-order valence-corrected chi connectivity index (χ0v) is 17.6. The highest BCUT2D eigenvalue weighted by atomic mass is 19.3. The van der Waals surface area contributed by atoms with Crippen molar-refractivity contribution >= 4 is 11.7 Å². The third-order valence-electron chi connectivity index (χ3n) is 6.50. The number of carbonyl (C=O) groups is 1. The Hall–Kier alpha value is -2.91. The standard InChI is InChI=1S/C22H22F4N4O2/c1-11(13-4-3-5-15-18(13)32-10-22(15,25)26)27-19-14-9-30(21(6-7-21)20(23)24)17(31)8-16(14)28-12(2)29-19/h3-5,11,20H,6-10H2,1-2H3,(H,27,28,29)/t11-/m1/s1. The molecular formula is C22H22F4N4O2. The first-order chi connectivity index (χ1) is 15.1. The van der Waals surface area contributed by atoms with Crippen LogP contribution in [0, 0.1) is 6.92 Å². The third-order valence-corrected chi connectivity index (χ3v) is 6.50. The summed E-state index contributed by atoms with van der Waals surface area (Å²) in [5.74, 6) is -2.45. The molecule has 10 heteroatoms. The number of rotatable bonds is 5.